The number of nitrogens with zero attached hydrogens (tertiary/aromatic N) is 2. The maximum Gasteiger partial charge on any atom is 0.394 e. The van der Waals surface area contributed by atoms with Gasteiger partial charge in [0.05, 0.1) is 11.6 Å². The van der Waals surface area contributed by atoms with Crippen LogP contribution in [0.15, 0.2) is 36.5 Å². The molecule has 114 valence electrons. The molecule has 1 saturated heterocycles. The van der Waals surface area contributed by atoms with Crippen LogP contribution in [0, 0.1) is 5.92 Å². The summed E-state index contributed by atoms with van der Waals surface area (Å²) in [7, 11) is 0. The highest BCUT2D eigenvalue weighted by atomic mass is 16.4. The fourth-order valence-corrected chi connectivity index (χ4v) is 3.14. The summed E-state index contributed by atoms with van der Waals surface area (Å²) >= 11 is 0. The van der Waals surface area contributed by atoms with Gasteiger partial charge in [-0.3, -0.25) is 9.78 Å². The standard InChI is InChI=1S/C17H18N2O3/c1-11-4-7-15(19(10-11)16(20)17(21)22)13-6-5-12-3-2-8-18-14(12)9-13/h2-3,5-6,8-9,11,15H,4,7,10H2,1H3,(H,21,22). The Kier molecular flexibility index (Phi) is 3.79. The lowest BCUT2D eigenvalue weighted by molar-refractivity contribution is -0.158. The Morgan fingerprint density at radius 3 is 2.86 bits per heavy atom. The van der Waals surface area contributed by atoms with Crippen molar-refractivity contribution in [2.75, 3.05) is 6.54 Å². The van der Waals surface area contributed by atoms with Crippen LogP contribution in [0.1, 0.15) is 31.4 Å². The van der Waals surface area contributed by atoms with Crippen molar-refractivity contribution in [3.8, 4) is 0 Å². The number of carbonyl (C=O) groups is 2. The van der Waals surface area contributed by atoms with E-state index >= 15 is 0 Å². The quantitative estimate of drug-likeness (QED) is 0.822. The van der Waals surface area contributed by atoms with E-state index in [1.165, 1.54) is 4.90 Å². The second-order valence-corrected chi connectivity index (χ2v) is 5.92. The van der Waals surface area contributed by atoms with Gasteiger partial charge < -0.3 is 10.0 Å². The van der Waals surface area contributed by atoms with Crippen LogP contribution < -0.4 is 0 Å². The molecule has 2 atom stereocenters. The van der Waals surface area contributed by atoms with Crippen molar-refractivity contribution in [3.05, 3.63) is 42.1 Å². The zero-order valence-electron chi connectivity index (χ0n) is 12.4. The molecular weight excluding hydrogens is 280 g/mol. The van der Waals surface area contributed by atoms with Gasteiger partial charge in [-0.25, -0.2) is 4.79 Å². The van der Waals surface area contributed by atoms with Crippen LogP contribution in [0.25, 0.3) is 10.9 Å². The van der Waals surface area contributed by atoms with Gasteiger partial charge in [0.2, 0.25) is 0 Å². The maximum atomic E-state index is 12.0. The van der Waals surface area contributed by atoms with E-state index in [1.807, 2.05) is 37.3 Å². The van der Waals surface area contributed by atoms with Crippen molar-refractivity contribution < 1.29 is 14.7 Å². The van der Waals surface area contributed by atoms with Crippen LogP contribution in [0.5, 0.6) is 0 Å². The minimum atomic E-state index is -1.39. The molecule has 5 nitrogen and oxygen atoms in total. The number of hydrogen-bond acceptors (Lipinski definition) is 3. The number of likely N-dealkylation sites (tertiary alicyclic amines) is 1. The smallest absolute Gasteiger partial charge is 0.394 e. The molecule has 0 spiro atoms. The van der Waals surface area contributed by atoms with Crippen LogP contribution in [0.3, 0.4) is 0 Å². The summed E-state index contributed by atoms with van der Waals surface area (Å²) in [6, 6.07) is 9.57. The van der Waals surface area contributed by atoms with E-state index < -0.39 is 11.9 Å². The van der Waals surface area contributed by atoms with Gasteiger partial charge in [-0.1, -0.05) is 25.1 Å². The van der Waals surface area contributed by atoms with Gasteiger partial charge in [-0.2, -0.15) is 0 Å². The molecule has 22 heavy (non-hydrogen) atoms. The van der Waals surface area contributed by atoms with E-state index in [0.717, 1.165) is 29.3 Å². The summed E-state index contributed by atoms with van der Waals surface area (Å²) < 4.78 is 0. The average Bonchev–Trinajstić information content (AvgIpc) is 2.53. The van der Waals surface area contributed by atoms with E-state index in [-0.39, 0.29) is 6.04 Å². The molecule has 2 heterocycles. The molecule has 1 aliphatic rings. The number of aliphatic carboxylic acids is 1. The Labute approximate surface area is 128 Å². The van der Waals surface area contributed by atoms with Crippen LogP contribution in [0.2, 0.25) is 0 Å². The van der Waals surface area contributed by atoms with Crippen LogP contribution in [0.4, 0.5) is 0 Å². The number of amides is 1. The normalized spacial score (nSPS) is 21.8. The number of hydrogen-bond donors (Lipinski definition) is 1. The zero-order chi connectivity index (χ0) is 15.7. The number of carboxylic acids is 1. The Bertz CT molecular complexity index is 729. The van der Waals surface area contributed by atoms with Gasteiger partial charge in [-0.05, 0) is 36.5 Å². The lowest BCUT2D eigenvalue weighted by atomic mass is 9.89. The van der Waals surface area contributed by atoms with Crippen LogP contribution in [-0.2, 0) is 9.59 Å². The second-order valence-electron chi connectivity index (χ2n) is 5.92. The van der Waals surface area contributed by atoms with Crippen molar-refractivity contribution in [1.82, 2.24) is 9.88 Å². The maximum absolute atomic E-state index is 12.0. The topological polar surface area (TPSA) is 70.5 Å². The van der Waals surface area contributed by atoms with Gasteiger partial charge in [0.1, 0.15) is 0 Å². The third-order valence-electron chi connectivity index (χ3n) is 4.28. The highest BCUT2D eigenvalue weighted by Gasteiger charge is 2.34. The molecule has 0 aliphatic carbocycles. The summed E-state index contributed by atoms with van der Waals surface area (Å²) in [5, 5.41) is 10.1. The van der Waals surface area contributed by atoms with Crippen LogP contribution >= 0.6 is 0 Å². The number of fused-ring (bicyclic) bond motifs is 1. The van der Waals surface area contributed by atoms with Gasteiger partial charge in [0.25, 0.3) is 0 Å². The Hall–Kier alpha value is -2.43. The highest BCUT2D eigenvalue weighted by molar-refractivity contribution is 6.31. The number of rotatable bonds is 1. The summed E-state index contributed by atoms with van der Waals surface area (Å²) in [6.07, 6.45) is 3.49. The van der Waals surface area contributed by atoms with E-state index in [9.17, 15) is 9.59 Å². The Morgan fingerprint density at radius 2 is 2.09 bits per heavy atom. The number of aromatic nitrogens is 1. The first-order chi connectivity index (χ1) is 10.6. The second kappa shape index (κ2) is 5.75. The molecular formula is C17H18N2O3. The monoisotopic (exact) mass is 298 g/mol. The van der Waals surface area contributed by atoms with E-state index in [1.54, 1.807) is 6.20 Å². The molecule has 5 heteroatoms. The van der Waals surface area contributed by atoms with Crippen molar-refractivity contribution >= 4 is 22.8 Å². The number of pyridine rings is 1. The first-order valence-electron chi connectivity index (χ1n) is 7.45. The lowest BCUT2D eigenvalue weighted by Crippen LogP contribution is -2.44. The van der Waals surface area contributed by atoms with Crippen LogP contribution in [-0.4, -0.2) is 33.4 Å². The molecule has 1 amide bonds. The SMILES string of the molecule is CC1CCC(c2ccc3cccnc3c2)N(C(=O)C(=O)O)C1. The highest BCUT2D eigenvalue weighted by Crippen LogP contribution is 2.34. The first-order valence-corrected chi connectivity index (χ1v) is 7.45. The summed E-state index contributed by atoms with van der Waals surface area (Å²) in [5.41, 5.74) is 1.81. The van der Waals surface area contributed by atoms with Crippen molar-refractivity contribution in [2.24, 2.45) is 5.92 Å². The number of benzene rings is 1. The third kappa shape index (κ3) is 2.66. The summed E-state index contributed by atoms with van der Waals surface area (Å²) in [5.74, 6) is -1.89. The van der Waals surface area contributed by atoms with Gasteiger partial charge >= 0.3 is 11.9 Å². The van der Waals surface area contributed by atoms with Gasteiger partial charge in [0, 0.05) is 18.1 Å². The number of carboxylic acid groups (broad SMARTS) is 1. The average molecular weight is 298 g/mol. The van der Waals surface area contributed by atoms with E-state index in [4.69, 9.17) is 5.11 Å². The van der Waals surface area contributed by atoms with Crippen molar-refractivity contribution in [3.63, 3.8) is 0 Å². The fraction of sp³-hybridized carbons (Fsp3) is 0.353. The zero-order valence-corrected chi connectivity index (χ0v) is 12.4. The summed E-state index contributed by atoms with van der Waals surface area (Å²) in [6.45, 7) is 2.52. The minimum Gasteiger partial charge on any atom is -0.474 e. The summed E-state index contributed by atoms with van der Waals surface area (Å²) in [4.78, 5) is 28.9. The molecule has 1 aromatic heterocycles. The molecule has 2 unspecified atom stereocenters. The van der Waals surface area contributed by atoms with E-state index in [2.05, 4.69) is 4.98 Å². The lowest BCUT2D eigenvalue weighted by Gasteiger charge is -2.38. The van der Waals surface area contributed by atoms with Crippen molar-refractivity contribution in [1.29, 1.82) is 0 Å². The number of carbonyl (C=O) groups excluding carboxylic acids is 1. The van der Waals surface area contributed by atoms with Gasteiger partial charge in [0.15, 0.2) is 0 Å². The molecule has 2 aromatic rings. The third-order valence-corrected chi connectivity index (χ3v) is 4.28. The predicted octanol–water partition coefficient (Wildman–Crippen LogP) is 2.62. The molecule has 1 N–H and O–H groups in total. The molecule has 3 rings (SSSR count). The molecule has 0 radical (unpaired) electrons. The number of piperidine rings is 1. The fourth-order valence-electron chi connectivity index (χ4n) is 3.14. The molecule has 1 aromatic carbocycles. The Balaban J connectivity index is 1.98. The Morgan fingerprint density at radius 1 is 1.27 bits per heavy atom. The largest absolute Gasteiger partial charge is 0.474 e. The molecule has 0 bridgehead atoms. The molecule has 1 aliphatic heterocycles. The molecule has 0 saturated carbocycles. The minimum absolute atomic E-state index is 0.189. The predicted molar refractivity (Wildman–Crippen MR) is 82.2 cm³/mol. The van der Waals surface area contributed by atoms with Crippen molar-refractivity contribution in [2.45, 2.75) is 25.8 Å². The molecule has 1 fully saturated rings. The van der Waals surface area contributed by atoms with Gasteiger partial charge in [-0.15, -0.1) is 0 Å². The van der Waals surface area contributed by atoms with E-state index in [0.29, 0.717) is 12.5 Å². The first kappa shape index (κ1) is 14.5.